The van der Waals surface area contributed by atoms with Gasteiger partial charge in [-0.15, -0.1) is 11.3 Å². The Morgan fingerprint density at radius 3 is 2.50 bits per heavy atom. The van der Waals surface area contributed by atoms with Crippen molar-refractivity contribution < 1.29 is 9.84 Å². The monoisotopic (exact) mass is 282 g/mol. The van der Waals surface area contributed by atoms with E-state index in [4.69, 9.17) is 16.3 Å². The second kappa shape index (κ2) is 5.31. The van der Waals surface area contributed by atoms with E-state index in [0.29, 0.717) is 16.3 Å². The summed E-state index contributed by atoms with van der Waals surface area (Å²) in [7, 11) is 1.59. The molecule has 0 spiro atoms. The smallest absolute Gasteiger partial charge is 0.120 e. The van der Waals surface area contributed by atoms with Crippen molar-refractivity contribution in [3.05, 3.63) is 50.2 Å². The maximum Gasteiger partial charge on any atom is 0.120 e. The Kier molecular flexibility index (Phi) is 3.95. The molecule has 0 aliphatic heterocycles. The zero-order chi connectivity index (χ0) is 13.3. The van der Waals surface area contributed by atoms with Crippen LogP contribution < -0.4 is 4.74 Å². The molecule has 1 heterocycles. The van der Waals surface area contributed by atoms with E-state index in [1.807, 2.05) is 19.9 Å². The van der Waals surface area contributed by atoms with E-state index in [9.17, 15) is 5.11 Å². The summed E-state index contributed by atoms with van der Waals surface area (Å²) in [5, 5.41) is 10.9. The Hall–Kier alpha value is -1.03. The fourth-order valence-electron chi connectivity index (χ4n) is 1.75. The lowest BCUT2D eigenvalue weighted by atomic mass is 10.1. The molecule has 0 radical (unpaired) electrons. The largest absolute Gasteiger partial charge is 0.497 e. The predicted octanol–water partition coefficient (Wildman–Crippen LogP) is 4.11. The molecule has 18 heavy (non-hydrogen) atoms. The first kappa shape index (κ1) is 13.4. The Balaban J connectivity index is 2.36. The van der Waals surface area contributed by atoms with Gasteiger partial charge in [0.2, 0.25) is 0 Å². The Morgan fingerprint density at radius 2 is 2.00 bits per heavy atom. The maximum absolute atomic E-state index is 10.4. The van der Waals surface area contributed by atoms with Crippen LogP contribution >= 0.6 is 22.9 Å². The lowest BCUT2D eigenvalue weighted by Gasteiger charge is -2.12. The minimum atomic E-state index is -0.680. The van der Waals surface area contributed by atoms with Gasteiger partial charge < -0.3 is 9.84 Å². The third-order valence-electron chi connectivity index (χ3n) is 2.96. The molecule has 0 bridgehead atoms. The van der Waals surface area contributed by atoms with Crippen LogP contribution in [0.4, 0.5) is 0 Å². The fourth-order valence-corrected chi connectivity index (χ4v) is 3.07. The highest BCUT2D eigenvalue weighted by Gasteiger charge is 2.17. The van der Waals surface area contributed by atoms with E-state index in [1.165, 1.54) is 10.4 Å². The predicted molar refractivity (Wildman–Crippen MR) is 75.9 cm³/mol. The average molecular weight is 283 g/mol. The van der Waals surface area contributed by atoms with E-state index < -0.39 is 6.10 Å². The summed E-state index contributed by atoms with van der Waals surface area (Å²) in [4.78, 5) is 2.13. The number of rotatable bonds is 3. The molecule has 1 atom stereocenters. The summed E-state index contributed by atoms with van der Waals surface area (Å²) < 4.78 is 5.10. The quantitative estimate of drug-likeness (QED) is 0.918. The van der Waals surface area contributed by atoms with E-state index in [-0.39, 0.29) is 0 Å². The number of benzene rings is 1. The first-order valence-corrected chi connectivity index (χ1v) is 6.80. The molecule has 1 unspecified atom stereocenters. The van der Waals surface area contributed by atoms with Crippen LogP contribution in [0.5, 0.6) is 5.75 Å². The average Bonchev–Trinajstić information content (AvgIpc) is 2.68. The molecule has 0 saturated carbocycles. The van der Waals surface area contributed by atoms with Crippen LogP contribution in [-0.4, -0.2) is 12.2 Å². The van der Waals surface area contributed by atoms with Crippen LogP contribution in [0.2, 0.25) is 5.02 Å². The summed E-state index contributed by atoms with van der Waals surface area (Å²) in [6.45, 7) is 4.09. The highest BCUT2D eigenvalue weighted by molar-refractivity contribution is 7.12. The highest BCUT2D eigenvalue weighted by atomic mass is 35.5. The van der Waals surface area contributed by atoms with Crippen LogP contribution in [0.25, 0.3) is 0 Å². The standard InChI is InChI=1S/C14H15ClO2S/c1-8-6-13(18-9(8)2)14(16)11-5-4-10(17-3)7-12(11)15/h4-7,14,16H,1-3H3. The first-order valence-electron chi connectivity index (χ1n) is 5.61. The lowest BCUT2D eigenvalue weighted by molar-refractivity contribution is 0.224. The summed E-state index contributed by atoms with van der Waals surface area (Å²) in [5.74, 6) is 0.689. The lowest BCUT2D eigenvalue weighted by Crippen LogP contribution is -1.98. The molecule has 1 aromatic carbocycles. The molecule has 96 valence electrons. The summed E-state index contributed by atoms with van der Waals surface area (Å²) in [6, 6.07) is 7.33. The van der Waals surface area contributed by atoms with Gasteiger partial charge in [-0.1, -0.05) is 17.7 Å². The summed E-state index contributed by atoms with van der Waals surface area (Å²) in [5.41, 5.74) is 1.90. The highest BCUT2D eigenvalue weighted by Crippen LogP contribution is 2.35. The molecule has 2 aromatic rings. The number of halogens is 1. The van der Waals surface area contributed by atoms with Crippen molar-refractivity contribution in [2.75, 3.05) is 7.11 Å². The van der Waals surface area contributed by atoms with E-state index >= 15 is 0 Å². The van der Waals surface area contributed by atoms with Gasteiger partial charge in [-0.3, -0.25) is 0 Å². The van der Waals surface area contributed by atoms with Crippen LogP contribution in [0, 0.1) is 13.8 Å². The Morgan fingerprint density at radius 1 is 1.28 bits per heavy atom. The van der Waals surface area contributed by atoms with Crippen molar-refractivity contribution in [1.29, 1.82) is 0 Å². The molecule has 0 aliphatic carbocycles. The van der Waals surface area contributed by atoms with Crippen molar-refractivity contribution in [3.63, 3.8) is 0 Å². The Labute approximate surface area is 116 Å². The van der Waals surface area contributed by atoms with Gasteiger partial charge in [0.25, 0.3) is 0 Å². The van der Waals surface area contributed by atoms with Crippen molar-refractivity contribution >= 4 is 22.9 Å². The molecule has 1 N–H and O–H groups in total. The van der Waals surface area contributed by atoms with Gasteiger partial charge in [-0.25, -0.2) is 0 Å². The molecule has 0 aliphatic rings. The van der Waals surface area contributed by atoms with Crippen LogP contribution in [0.3, 0.4) is 0 Å². The molecule has 2 rings (SSSR count). The summed E-state index contributed by atoms with van der Waals surface area (Å²) in [6.07, 6.45) is -0.680. The van der Waals surface area contributed by atoms with Gasteiger partial charge >= 0.3 is 0 Å². The van der Waals surface area contributed by atoms with Gasteiger partial charge in [0.05, 0.1) is 12.1 Å². The molecular weight excluding hydrogens is 268 g/mol. The first-order chi connectivity index (χ1) is 8.52. The van der Waals surface area contributed by atoms with Crippen LogP contribution in [-0.2, 0) is 0 Å². The van der Waals surface area contributed by atoms with E-state index in [2.05, 4.69) is 0 Å². The summed E-state index contributed by atoms with van der Waals surface area (Å²) >= 11 is 7.76. The van der Waals surface area contributed by atoms with Gasteiger partial charge in [0.1, 0.15) is 11.9 Å². The molecular formula is C14H15ClO2S. The number of hydrogen-bond acceptors (Lipinski definition) is 3. The molecule has 4 heteroatoms. The Bertz CT molecular complexity index is 543. The maximum atomic E-state index is 10.4. The van der Waals surface area contributed by atoms with Crippen molar-refractivity contribution in [1.82, 2.24) is 0 Å². The number of aryl methyl sites for hydroxylation is 2. The van der Waals surface area contributed by atoms with Gasteiger partial charge in [0.15, 0.2) is 0 Å². The molecule has 2 nitrogen and oxygen atoms in total. The zero-order valence-corrected chi connectivity index (χ0v) is 12.1. The third kappa shape index (κ3) is 2.53. The molecule has 1 aromatic heterocycles. The van der Waals surface area contributed by atoms with E-state index in [0.717, 1.165) is 4.88 Å². The number of thiophene rings is 1. The normalized spacial score (nSPS) is 12.5. The van der Waals surface area contributed by atoms with Crippen LogP contribution in [0.1, 0.15) is 27.0 Å². The number of hydrogen-bond donors (Lipinski definition) is 1. The third-order valence-corrected chi connectivity index (χ3v) is 4.49. The number of aliphatic hydroxyl groups is 1. The number of aliphatic hydroxyl groups excluding tert-OH is 1. The van der Waals surface area contributed by atoms with Crippen molar-refractivity contribution in [2.45, 2.75) is 20.0 Å². The second-order valence-corrected chi connectivity index (χ2v) is 5.87. The minimum Gasteiger partial charge on any atom is -0.497 e. The fraction of sp³-hybridized carbons (Fsp3) is 0.286. The number of methoxy groups -OCH3 is 1. The molecule has 0 fully saturated rings. The van der Waals surface area contributed by atoms with E-state index in [1.54, 1.807) is 36.6 Å². The minimum absolute atomic E-state index is 0.519. The van der Waals surface area contributed by atoms with Gasteiger partial charge in [0, 0.05) is 15.3 Å². The van der Waals surface area contributed by atoms with Gasteiger partial charge in [-0.05, 0) is 37.6 Å². The second-order valence-electron chi connectivity index (χ2n) is 4.18. The van der Waals surface area contributed by atoms with Crippen molar-refractivity contribution in [2.24, 2.45) is 0 Å². The van der Waals surface area contributed by atoms with Crippen molar-refractivity contribution in [3.8, 4) is 5.75 Å². The molecule has 0 saturated heterocycles. The van der Waals surface area contributed by atoms with Gasteiger partial charge in [-0.2, -0.15) is 0 Å². The molecule has 0 amide bonds. The topological polar surface area (TPSA) is 29.5 Å². The van der Waals surface area contributed by atoms with Crippen LogP contribution in [0.15, 0.2) is 24.3 Å². The SMILES string of the molecule is COc1ccc(C(O)c2cc(C)c(C)s2)c(Cl)c1. The number of ether oxygens (including phenoxy) is 1. The zero-order valence-electron chi connectivity index (χ0n) is 10.5.